The van der Waals surface area contributed by atoms with Crippen molar-refractivity contribution in [3.05, 3.63) is 33.3 Å². The fraction of sp³-hybridized carbons (Fsp3) is 0.333. The zero-order valence-corrected chi connectivity index (χ0v) is 11.7. The maximum Gasteiger partial charge on any atom is 0.323 e. The molecule has 4 nitrogen and oxygen atoms in total. The summed E-state index contributed by atoms with van der Waals surface area (Å²) in [6.45, 7) is -0.270. The lowest BCUT2D eigenvalue weighted by Crippen LogP contribution is -2.37. The van der Waals surface area contributed by atoms with Crippen LogP contribution in [-0.4, -0.2) is 34.5 Å². The molecule has 1 aromatic carbocycles. The number of amides is 1. The lowest BCUT2D eigenvalue weighted by molar-refractivity contribution is -0.137. The Labute approximate surface area is 118 Å². The molecule has 1 amide bonds. The van der Waals surface area contributed by atoms with Gasteiger partial charge in [0.05, 0.1) is 0 Å². The number of carboxylic acid groups (broad SMARTS) is 1. The number of aliphatic carboxylic acids is 1. The van der Waals surface area contributed by atoms with Crippen LogP contribution in [0.4, 0.5) is 0 Å². The van der Waals surface area contributed by atoms with Gasteiger partial charge in [0.2, 0.25) is 0 Å². The Balaban J connectivity index is 2.24. The molecule has 96 valence electrons. The minimum absolute atomic E-state index is 0.0476. The van der Waals surface area contributed by atoms with Crippen molar-refractivity contribution in [2.24, 2.45) is 0 Å². The van der Waals surface area contributed by atoms with E-state index in [9.17, 15) is 9.59 Å². The molecule has 2 rings (SSSR count). The summed E-state index contributed by atoms with van der Waals surface area (Å²) in [6, 6.07) is 4.92. The summed E-state index contributed by atoms with van der Waals surface area (Å²) in [5, 5.41) is 9.28. The van der Waals surface area contributed by atoms with Crippen molar-refractivity contribution >= 4 is 39.4 Å². The Morgan fingerprint density at radius 3 is 2.56 bits per heavy atom. The van der Waals surface area contributed by atoms with Crippen molar-refractivity contribution in [3.63, 3.8) is 0 Å². The average Bonchev–Trinajstić information content (AvgIpc) is 3.07. The number of carboxylic acids is 1. The molecule has 1 fully saturated rings. The van der Waals surface area contributed by atoms with Crippen LogP contribution >= 0.6 is 27.5 Å². The first kappa shape index (κ1) is 13.4. The first-order valence-corrected chi connectivity index (χ1v) is 6.63. The number of hydrogen-bond acceptors (Lipinski definition) is 2. The summed E-state index contributed by atoms with van der Waals surface area (Å²) in [5.41, 5.74) is 0.405. The summed E-state index contributed by atoms with van der Waals surface area (Å²) in [6.07, 6.45) is 1.72. The highest BCUT2D eigenvalue weighted by atomic mass is 79.9. The molecule has 0 unspecified atom stereocenters. The Kier molecular flexibility index (Phi) is 3.92. The Bertz CT molecular complexity index is 482. The number of rotatable bonds is 4. The van der Waals surface area contributed by atoms with Gasteiger partial charge < -0.3 is 10.0 Å². The lowest BCUT2D eigenvalue weighted by atomic mass is 10.2. The number of benzene rings is 1. The highest BCUT2D eigenvalue weighted by molar-refractivity contribution is 9.10. The first-order chi connectivity index (χ1) is 8.47. The molecule has 0 aliphatic heterocycles. The number of halogens is 2. The van der Waals surface area contributed by atoms with E-state index in [-0.39, 0.29) is 18.5 Å². The second-order valence-electron chi connectivity index (χ2n) is 4.22. The number of nitrogens with zero attached hydrogens (tertiary/aromatic N) is 1. The summed E-state index contributed by atoms with van der Waals surface area (Å²) in [5.74, 6) is -1.29. The molecule has 6 heteroatoms. The van der Waals surface area contributed by atoms with Crippen LogP contribution in [0.2, 0.25) is 5.02 Å². The van der Waals surface area contributed by atoms with Gasteiger partial charge in [-0.2, -0.15) is 0 Å². The minimum atomic E-state index is -1.00. The third kappa shape index (κ3) is 3.23. The standard InChI is InChI=1S/C12H11BrClNO3/c13-8-3-7(4-9(14)5-8)12(18)15(6-11(16)17)10-1-2-10/h3-5,10H,1-2,6H2,(H,16,17). The number of hydrogen-bond donors (Lipinski definition) is 1. The number of carbonyl (C=O) groups is 2. The van der Waals surface area contributed by atoms with Crippen LogP contribution < -0.4 is 0 Å². The molecule has 18 heavy (non-hydrogen) atoms. The topological polar surface area (TPSA) is 57.6 Å². The van der Waals surface area contributed by atoms with Gasteiger partial charge in [0.15, 0.2) is 0 Å². The van der Waals surface area contributed by atoms with E-state index < -0.39 is 5.97 Å². The van der Waals surface area contributed by atoms with Crippen LogP contribution in [0.5, 0.6) is 0 Å². The van der Waals surface area contributed by atoms with E-state index in [1.807, 2.05) is 0 Å². The van der Waals surface area contributed by atoms with Gasteiger partial charge in [0.25, 0.3) is 5.91 Å². The molecule has 0 aromatic heterocycles. The van der Waals surface area contributed by atoms with E-state index >= 15 is 0 Å². The van der Waals surface area contributed by atoms with Crippen molar-refractivity contribution in [2.45, 2.75) is 18.9 Å². The van der Waals surface area contributed by atoms with E-state index in [2.05, 4.69) is 15.9 Å². The van der Waals surface area contributed by atoms with E-state index in [1.165, 1.54) is 4.90 Å². The molecule has 0 saturated heterocycles. The first-order valence-electron chi connectivity index (χ1n) is 5.46. The zero-order valence-electron chi connectivity index (χ0n) is 9.40. The molecule has 1 aliphatic rings. The fourth-order valence-electron chi connectivity index (χ4n) is 1.74. The van der Waals surface area contributed by atoms with Crippen LogP contribution in [-0.2, 0) is 4.79 Å². The van der Waals surface area contributed by atoms with E-state index in [0.29, 0.717) is 15.1 Å². The Morgan fingerprint density at radius 1 is 1.39 bits per heavy atom. The van der Waals surface area contributed by atoms with Crippen molar-refractivity contribution in [2.75, 3.05) is 6.54 Å². The summed E-state index contributed by atoms with van der Waals surface area (Å²) >= 11 is 9.15. The predicted molar refractivity (Wildman–Crippen MR) is 70.8 cm³/mol. The van der Waals surface area contributed by atoms with Crippen molar-refractivity contribution < 1.29 is 14.7 Å². The fourth-order valence-corrected chi connectivity index (χ4v) is 2.60. The maximum absolute atomic E-state index is 12.2. The Hall–Kier alpha value is -1.07. The van der Waals surface area contributed by atoms with Crippen LogP contribution in [0, 0.1) is 0 Å². The summed E-state index contributed by atoms with van der Waals surface area (Å²) in [4.78, 5) is 24.4. The van der Waals surface area contributed by atoms with Gasteiger partial charge in [-0.1, -0.05) is 27.5 Å². The smallest absolute Gasteiger partial charge is 0.323 e. The van der Waals surface area contributed by atoms with Gasteiger partial charge in [-0.25, -0.2) is 0 Å². The van der Waals surface area contributed by atoms with Gasteiger partial charge in [0, 0.05) is 21.1 Å². The molecule has 0 bridgehead atoms. The van der Waals surface area contributed by atoms with Crippen molar-refractivity contribution in [1.82, 2.24) is 4.90 Å². The monoisotopic (exact) mass is 331 g/mol. The van der Waals surface area contributed by atoms with Gasteiger partial charge in [-0.3, -0.25) is 9.59 Å². The van der Waals surface area contributed by atoms with Crippen LogP contribution in [0.3, 0.4) is 0 Å². The molecule has 1 saturated carbocycles. The molecule has 0 radical (unpaired) electrons. The molecule has 0 atom stereocenters. The Morgan fingerprint density at radius 2 is 2.06 bits per heavy atom. The lowest BCUT2D eigenvalue weighted by Gasteiger charge is -2.20. The minimum Gasteiger partial charge on any atom is -0.480 e. The SMILES string of the molecule is O=C(O)CN(C(=O)c1cc(Cl)cc(Br)c1)C1CC1. The van der Waals surface area contributed by atoms with Gasteiger partial charge in [0.1, 0.15) is 6.54 Å². The van der Waals surface area contributed by atoms with Gasteiger partial charge in [-0.05, 0) is 31.0 Å². The van der Waals surface area contributed by atoms with Crippen molar-refractivity contribution in [1.29, 1.82) is 0 Å². The second kappa shape index (κ2) is 5.28. The molecular formula is C12H11BrClNO3. The summed E-state index contributed by atoms with van der Waals surface area (Å²) in [7, 11) is 0. The van der Waals surface area contributed by atoms with Crippen LogP contribution in [0.15, 0.2) is 22.7 Å². The van der Waals surface area contributed by atoms with Crippen LogP contribution in [0.1, 0.15) is 23.2 Å². The average molecular weight is 333 g/mol. The third-order valence-electron chi connectivity index (χ3n) is 2.66. The zero-order chi connectivity index (χ0) is 13.3. The largest absolute Gasteiger partial charge is 0.480 e. The molecule has 1 N–H and O–H groups in total. The number of carbonyl (C=O) groups excluding carboxylic acids is 1. The highest BCUT2D eigenvalue weighted by Crippen LogP contribution is 2.29. The van der Waals surface area contributed by atoms with E-state index in [1.54, 1.807) is 18.2 Å². The third-order valence-corrected chi connectivity index (χ3v) is 3.34. The molecular weight excluding hydrogens is 321 g/mol. The molecule has 0 heterocycles. The van der Waals surface area contributed by atoms with Gasteiger partial charge in [-0.15, -0.1) is 0 Å². The molecule has 1 aromatic rings. The van der Waals surface area contributed by atoms with E-state index in [4.69, 9.17) is 16.7 Å². The highest BCUT2D eigenvalue weighted by Gasteiger charge is 2.34. The second-order valence-corrected chi connectivity index (χ2v) is 5.57. The van der Waals surface area contributed by atoms with E-state index in [0.717, 1.165) is 12.8 Å². The quantitative estimate of drug-likeness (QED) is 0.922. The normalized spacial score (nSPS) is 14.3. The van der Waals surface area contributed by atoms with Crippen LogP contribution in [0.25, 0.3) is 0 Å². The van der Waals surface area contributed by atoms with Gasteiger partial charge >= 0.3 is 5.97 Å². The van der Waals surface area contributed by atoms with Crippen molar-refractivity contribution in [3.8, 4) is 0 Å². The maximum atomic E-state index is 12.2. The predicted octanol–water partition coefficient (Wildman–Crippen LogP) is 2.79. The molecule has 1 aliphatic carbocycles. The summed E-state index contributed by atoms with van der Waals surface area (Å²) < 4.78 is 0.699. The molecule has 0 spiro atoms.